The molecule has 1 heterocycles. The van der Waals surface area contributed by atoms with Crippen molar-refractivity contribution in [1.82, 2.24) is 20.2 Å². The first-order valence-corrected chi connectivity index (χ1v) is 7.63. The molecule has 0 amide bonds. The predicted octanol–water partition coefficient (Wildman–Crippen LogP) is 2.56. The summed E-state index contributed by atoms with van der Waals surface area (Å²) >= 11 is 0. The second kappa shape index (κ2) is 7.52. The van der Waals surface area contributed by atoms with Crippen molar-refractivity contribution in [2.75, 3.05) is 0 Å². The number of carbonyl (C=O) groups is 1. The Kier molecular flexibility index (Phi) is 4.98. The standard InChI is InChI=1S/C17H15FN4O3/c1-2-15(25-16-6-4-3-5-14(16)18)17(23)24-13-9-7-12(8-10-13)22-11-19-20-21-22/h3-11,15H,2H2,1H3/t15-/m1/s1. The van der Waals surface area contributed by atoms with Gasteiger partial charge in [-0.1, -0.05) is 19.1 Å². The summed E-state index contributed by atoms with van der Waals surface area (Å²) in [4.78, 5) is 12.3. The first-order chi connectivity index (χ1) is 12.2. The fourth-order valence-electron chi connectivity index (χ4n) is 2.12. The molecule has 7 nitrogen and oxygen atoms in total. The monoisotopic (exact) mass is 342 g/mol. The number of ether oxygens (including phenoxy) is 2. The minimum absolute atomic E-state index is 0.0142. The van der Waals surface area contributed by atoms with E-state index in [0.717, 1.165) is 5.69 Å². The van der Waals surface area contributed by atoms with Crippen molar-refractivity contribution >= 4 is 5.97 Å². The van der Waals surface area contributed by atoms with Crippen LogP contribution in [0.3, 0.4) is 0 Å². The lowest BCUT2D eigenvalue weighted by molar-refractivity contribution is -0.142. The van der Waals surface area contributed by atoms with Crippen molar-refractivity contribution in [2.45, 2.75) is 19.4 Å². The molecular weight excluding hydrogens is 327 g/mol. The summed E-state index contributed by atoms with van der Waals surface area (Å²) in [5.41, 5.74) is 0.722. The molecule has 128 valence electrons. The molecule has 3 rings (SSSR count). The molecule has 25 heavy (non-hydrogen) atoms. The molecular formula is C17H15FN4O3. The molecule has 0 aliphatic carbocycles. The Balaban J connectivity index is 1.66. The molecule has 0 spiro atoms. The summed E-state index contributed by atoms with van der Waals surface area (Å²) < 4.78 is 25.9. The Bertz CT molecular complexity index is 837. The third kappa shape index (κ3) is 3.97. The van der Waals surface area contributed by atoms with Gasteiger partial charge in [0, 0.05) is 0 Å². The van der Waals surface area contributed by atoms with E-state index in [1.165, 1.54) is 23.1 Å². The minimum atomic E-state index is -0.906. The highest BCUT2D eigenvalue weighted by molar-refractivity contribution is 5.77. The zero-order valence-corrected chi connectivity index (χ0v) is 13.4. The lowest BCUT2D eigenvalue weighted by Crippen LogP contribution is -2.31. The van der Waals surface area contributed by atoms with Crippen molar-refractivity contribution in [3.05, 3.63) is 60.7 Å². The summed E-state index contributed by atoms with van der Waals surface area (Å²) in [5, 5.41) is 10.9. The first kappa shape index (κ1) is 16.6. The Morgan fingerprint density at radius 1 is 1.20 bits per heavy atom. The van der Waals surface area contributed by atoms with Crippen LogP contribution in [0.2, 0.25) is 0 Å². The molecule has 0 fully saturated rings. The van der Waals surface area contributed by atoms with Crippen LogP contribution in [-0.4, -0.2) is 32.3 Å². The number of para-hydroxylation sites is 1. The summed E-state index contributed by atoms with van der Waals surface area (Å²) in [5.74, 6) is -0.766. The normalized spacial score (nSPS) is 11.8. The van der Waals surface area contributed by atoms with Crippen LogP contribution in [0.5, 0.6) is 11.5 Å². The van der Waals surface area contributed by atoms with Crippen LogP contribution >= 0.6 is 0 Å². The van der Waals surface area contributed by atoms with Crippen LogP contribution < -0.4 is 9.47 Å². The fraction of sp³-hybridized carbons (Fsp3) is 0.176. The number of aromatic nitrogens is 4. The quantitative estimate of drug-likeness (QED) is 0.506. The third-order valence-corrected chi connectivity index (χ3v) is 3.41. The molecule has 0 saturated heterocycles. The maximum atomic E-state index is 13.7. The van der Waals surface area contributed by atoms with Crippen LogP contribution in [0, 0.1) is 5.82 Å². The Labute approximate surface area is 143 Å². The second-order valence-corrected chi connectivity index (χ2v) is 5.11. The van der Waals surface area contributed by atoms with Gasteiger partial charge in [0.25, 0.3) is 0 Å². The molecule has 0 bridgehead atoms. The molecule has 8 heteroatoms. The van der Waals surface area contributed by atoms with Crippen molar-refractivity contribution in [1.29, 1.82) is 0 Å². The maximum Gasteiger partial charge on any atom is 0.352 e. The number of esters is 1. The zero-order chi connectivity index (χ0) is 17.6. The van der Waals surface area contributed by atoms with E-state index >= 15 is 0 Å². The number of benzene rings is 2. The van der Waals surface area contributed by atoms with Crippen molar-refractivity contribution < 1.29 is 18.7 Å². The average molecular weight is 342 g/mol. The molecule has 0 unspecified atom stereocenters. The number of carbonyl (C=O) groups excluding carboxylic acids is 1. The highest BCUT2D eigenvalue weighted by Gasteiger charge is 2.22. The summed E-state index contributed by atoms with van der Waals surface area (Å²) in [6.07, 6.45) is 0.891. The summed E-state index contributed by atoms with van der Waals surface area (Å²) in [6.45, 7) is 1.76. The molecule has 0 N–H and O–H groups in total. The van der Waals surface area contributed by atoms with Gasteiger partial charge in [0.2, 0.25) is 0 Å². The number of halogens is 1. The molecule has 3 aromatic rings. The maximum absolute atomic E-state index is 13.7. The summed E-state index contributed by atoms with van der Waals surface area (Å²) in [6, 6.07) is 12.6. The molecule has 0 saturated carbocycles. The van der Waals surface area contributed by atoms with Gasteiger partial charge in [-0.15, -0.1) is 5.10 Å². The molecule has 0 radical (unpaired) electrons. The fourth-order valence-corrected chi connectivity index (χ4v) is 2.12. The Morgan fingerprint density at radius 3 is 2.60 bits per heavy atom. The Morgan fingerprint density at radius 2 is 1.96 bits per heavy atom. The predicted molar refractivity (Wildman–Crippen MR) is 85.9 cm³/mol. The van der Waals surface area contributed by atoms with Gasteiger partial charge in [-0.2, -0.15) is 0 Å². The molecule has 0 aliphatic heterocycles. The number of tetrazole rings is 1. The number of rotatable bonds is 6. The minimum Gasteiger partial charge on any atom is -0.476 e. The SMILES string of the molecule is CC[C@@H](Oc1ccccc1F)C(=O)Oc1ccc(-n2cnnn2)cc1. The van der Waals surface area contributed by atoms with Gasteiger partial charge < -0.3 is 9.47 Å². The average Bonchev–Trinajstić information content (AvgIpc) is 3.16. The first-order valence-electron chi connectivity index (χ1n) is 7.63. The lowest BCUT2D eigenvalue weighted by Gasteiger charge is -2.16. The van der Waals surface area contributed by atoms with E-state index < -0.39 is 17.9 Å². The number of hydrogen-bond acceptors (Lipinski definition) is 6. The van der Waals surface area contributed by atoms with E-state index in [9.17, 15) is 9.18 Å². The van der Waals surface area contributed by atoms with E-state index in [0.29, 0.717) is 12.2 Å². The Hall–Kier alpha value is -3.29. The van der Waals surface area contributed by atoms with Crippen LogP contribution in [0.4, 0.5) is 4.39 Å². The highest BCUT2D eigenvalue weighted by atomic mass is 19.1. The van der Waals surface area contributed by atoms with Gasteiger partial charge in [0.05, 0.1) is 5.69 Å². The smallest absolute Gasteiger partial charge is 0.352 e. The number of hydrogen-bond donors (Lipinski definition) is 0. The van der Waals surface area contributed by atoms with E-state index in [1.54, 1.807) is 43.3 Å². The molecule has 1 atom stereocenters. The van der Waals surface area contributed by atoms with Gasteiger partial charge >= 0.3 is 5.97 Å². The van der Waals surface area contributed by atoms with Crippen LogP contribution in [0.1, 0.15) is 13.3 Å². The van der Waals surface area contributed by atoms with E-state index in [1.807, 2.05) is 0 Å². The largest absolute Gasteiger partial charge is 0.476 e. The van der Waals surface area contributed by atoms with E-state index in [-0.39, 0.29) is 5.75 Å². The van der Waals surface area contributed by atoms with Gasteiger partial charge in [-0.25, -0.2) is 13.9 Å². The number of nitrogens with zero attached hydrogens (tertiary/aromatic N) is 4. The van der Waals surface area contributed by atoms with Crippen LogP contribution in [0.15, 0.2) is 54.9 Å². The second-order valence-electron chi connectivity index (χ2n) is 5.11. The van der Waals surface area contributed by atoms with Crippen LogP contribution in [-0.2, 0) is 4.79 Å². The molecule has 0 aliphatic rings. The van der Waals surface area contributed by atoms with Gasteiger partial charge in [0.15, 0.2) is 17.7 Å². The van der Waals surface area contributed by atoms with E-state index in [4.69, 9.17) is 9.47 Å². The van der Waals surface area contributed by atoms with Crippen molar-refractivity contribution in [3.63, 3.8) is 0 Å². The highest BCUT2D eigenvalue weighted by Crippen LogP contribution is 2.20. The van der Waals surface area contributed by atoms with Gasteiger partial charge in [0.1, 0.15) is 12.1 Å². The van der Waals surface area contributed by atoms with Crippen molar-refractivity contribution in [3.8, 4) is 17.2 Å². The van der Waals surface area contributed by atoms with E-state index in [2.05, 4.69) is 15.5 Å². The molecule has 1 aromatic heterocycles. The van der Waals surface area contributed by atoms with Gasteiger partial charge in [-0.3, -0.25) is 0 Å². The summed E-state index contributed by atoms with van der Waals surface area (Å²) in [7, 11) is 0. The third-order valence-electron chi connectivity index (χ3n) is 3.41. The zero-order valence-electron chi connectivity index (χ0n) is 13.4. The van der Waals surface area contributed by atoms with Gasteiger partial charge in [-0.05, 0) is 53.2 Å². The topological polar surface area (TPSA) is 79.1 Å². The molecule has 2 aromatic carbocycles. The lowest BCUT2D eigenvalue weighted by atomic mass is 10.2. The van der Waals surface area contributed by atoms with Crippen molar-refractivity contribution in [2.24, 2.45) is 0 Å². The van der Waals surface area contributed by atoms with Crippen LogP contribution in [0.25, 0.3) is 5.69 Å².